The Kier molecular flexibility index (Phi) is 4.41. The van der Waals surface area contributed by atoms with Crippen LogP contribution >= 0.6 is 0 Å². The summed E-state index contributed by atoms with van der Waals surface area (Å²) < 4.78 is 0. The Morgan fingerprint density at radius 1 is 1.33 bits per heavy atom. The lowest BCUT2D eigenvalue weighted by Gasteiger charge is -2.33. The first-order chi connectivity index (χ1) is 8.56. The van der Waals surface area contributed by atoms with Gasteiger partial charge in [0.25, 0.3) is 0 Å². The number of likely N-dealkylation sites (N-methyl/N-ethyl adjacent to an activating group) is 1. The van der Waals surface area contributed by atoms with Crippen LogP contribution in [0.5, 0.6) is 0 Å². The average Bonchev–Trinajstić information content (AvgIpc) is 2.32. The zero-order chi connectivity index (χ0) is 13.1. The predicted molar refractivity (Wildman–Crippen MR) is 78.0 cm³/mol. The molecule has 2 rings (SSSR count). The summed E-state index contributed by atoms with van der Waals surface area (Å²) in [6.07, 6.45) is 2.62. The Labute approximate surface area is 111 Å². The highest BCUT2D eigenvalue weighted by atomic mass is 15.1. The highest BCUT2D eigenvalue weighted by Gasteiger charge is 2.19. The molecule has 0 saturated carbocycles. The molecule has 0 aromatic heterocycles. The van der Waals surface area contributed by atoms with Crippen molar-refractivity contribution in [2.75, 3.05) is 20.1 Å². The Morgan fingerprint density at radius 3 is 2.83 bits per heavy atom. The molecule has 18 heavy (non-hydrogen) atoms. The van der Waals surface area contributed by atoms with E-state index in [0.717, 1.165) is 0 Å². The Bertz CT molecular complexity index is 400. The lowest BCUT2D eigenvalue weighted by molar-refractivity contribution is 0.218. The van der Waals surface area contributed by atoms with Crippen molar-refractivity contribution in [2.45, 2.75) is 45.7 Å². The van der Waals surface area contributed by atoms with E-state index in [1.165, 1.54) is 42.6 Å². The molecular weight excluding hydrogens is 220 g/mol. The molecule has 0 spiro atoms. The number of rotatable bonds is 3. The van der Waals surface area contributed by atoms with Crippen molar-refractivity contribution in [1.29, 1.82) is 0 Å². The van der Waals surface area contributed by atoms with Crippen LogP contribution in [0.2, 0.25) is 0 Å². The van der Waals surface area contributed by atoms with Crippen molar-refractivity contribution in [1.82, 2.24) is 10.2 Å². The van der Waals surface area contributed by atoms with Crippen LogP contribution in [0.3, 0.4) is 0 Å². The molecule has 2 heteroatoms. The topological polar surface area (TPSA) is 15.3 Å². The number of nitrogens with one attached hydrogen (secondary N) is 1. The van der Waals surface area contributed by atoms with E-state index in [-0.39, 0.29) is 0 Å². The maximum absolute atomic E-state index is 3.79. The first kappa shape index (κ1) is 13.6. The van der Waals surface area contributed by atoms with E-state index in [2.05, 4.69) is 56.2 Å². The molecule has 1 fully saturated rings. The highest BCUT2D eigenvalue weighted by molar-refractivity contribution is 5.32. The Morgan fingerprint density at radius 2 is 2.11 bits per heavy atom. The molecule has 1 aromatic rings. The summed E-state index contributed by atoms with van der Waals surface area (Å²) in [5.74, 6) is 0. The van der Waals surface area contributed by atoms with Gasteiger partial charge in [0, 0.05) is 18.6 Å². The van der Waals surface area contributed by atoms with Gasteiger partial charge in [-0.05, 0) is 58.3 Å². The van der Waals surface area contributed by atoms with Crippen molar-refractivity contribution in [3.63, 3.8) is 0 Å². The van der Waals surface area contributed by atoms with Gasteiger partial charge in [-0.3, -0.25) is 0 Å². The summed E-state index contributed by atoms with van der Waals surface area (Å²) >= 11 is 0. The van der Waals surface area contributed by atoms with Gasteiger partial charge < -0.3 is 10.2 Å². The number of likely N-dealkylation sites (tertiary alicyclic amines) is 1. The molecule has 2 unspecified atom stereocenters. The summed E-state index contributed by atoms with van der Waals surface area (Å²) in [7, 11) is 2.22. The van der Waals surface area contributed by atoms with Crippen LogP contribution < -0.4 is 5.32 Å². The molecular formula is C16H26N2. The quantitative estimate of drug-likeness (QED) is 0.882. The number of hydrogen-bond donors (Lipinski definition) is 1. The van der Waals surface area contributed by atoms with Crippen molar-refractivity contribution in [3.8, 4) is 0 Å². The molecule has 1 aliphatic heterocycles. The van der Waals surface area contributed by atoms with Crippen LogP contribution in [0.25, 0.3) is 0 Å². The van der Waals surface area contributed by atoms with Gasteiger partial charge in [0.15, 0.2) is 0 Å². The van der Waals surface area contributed by atoms with E-state index in [1.807, 2.05) is 0 Å². The van der Waals surface area contributed by atoms with Gasteiger partial charge >= 0.3 is 0 Å². The van der Waals surface area contributed by atoms with Crippen LogP contribution in [-0.2, 0) is 0 Å². The Balaban J connectivity index is 2.02. The molecule has 0 bridgehead atoms. The van der Waals surface area contributed by atoms with Gasteiger partial charge in [-0.15, -0.1) is 0 Å². The van der Waals surface area contributed by atoms with Crippen LogP contribution in [0.4, 0.5) is 0 Å². The first-order valence-electron chi connectivity index (χ1n) is 7.08. The minimum atomic E-state index is 0.446. The van der Waals surface area contributed by atoms with Gasteiger partial charge in [0.1, 0.15) is 0 Å². The minimum Gasteiger partial charge on any atom is -0.306 e. The third-order valence-electron chi connectivity index (χ3n) is 4.01. The summed E-state index contributed by atoms with van der Waals surface area (Å²) in [6.45, 7) is 9.09. The largest absolute Gasteiger partial charge is 0.306 e. The molecule has 2 nitrogen and oxygen atoms in total. The SMILES string of the molecule is Cc1ccc(C)c(C(C)NC2CCCN(C)C2)c1. The van der Waals surface area contributed by atoms with Crippen LogP contribution in [-0.4, -0.2) is 31.1 Å². The number of hydrogen-bond acceptors (Lipinski definition) is 2. The number of piperidine rings is 1. The maximum atomic E-state index is 3.79. The fourth-order valence-corrected chi connectivity index (χ4v) is 2.97. The monoisotopic (exact) mass is 246 g/mol. The van der Waals surface area contributed by atoms with E-state index in [0.29, 0.717) is 12.1 Å². The summed E-state index contributed by atoms with van der Waals surface area (Å²) in [4.78, 5) is 2.43. The molecule has 1 heterocycles. The smallest absolute Gasteiger partial charge is 0.0297 e. The fraction of sp³-hybridized carbons (Fsp3) is 0.625. The van der Waals surface area contributed by atoms with Gasteiger partial charge in [0.05, 0.1) is 0 Å². The highest BCUT2D eigenvalue weighted by Crippen LogP contribution is 2.21. The van der Waals surface area contributed by atoms with Crippen molar-refractivity contribution in [2.24, 2.45) is 0 Å². The predicted octanol–water partition coefficient (Wildman–Crippen LogP) is 3.05. The molecule has 0 aliphatic carbocycles. The third-order valence-corrected chi connectivity index (χ3v) is 4.01. The second-order valence-corrected chi connectivity index (χ2v) is 5.85. The lowest BCUT2D eigenvalue weighted by atomic mass is 9.98. The minimum absolute atomic E-state index is 0.446. The second-order valence-electron chi connectivity index (χ2n) is 5.85. The number of aryl methyl sites for hydroxylation is 2. The van der Waals surface area contributed by atoms with E-state index in [1.54, 1.807) is 0 Å². The maximum Gasteiger partial charge on any atom is 0.0297 e. The van der Waals surface area contributed by atoms with Crippen LogP contribution in [0, 0.1) is 13.8 Å². The molecule has 0 amide bonds. The van der Waals surface area contributed by atoms with E-state index >= 15 is 0 Å². The fourth-order valence-electron chi connectivity index (χ4n) is 2.97. The molecule has 2 atom stereocenters. The van der Waals surface area contributed by atoms with E-state index in [4.69, 9.17) is 0 Å². The van der Waals surface area contributed by atoms with Crippen molar-refractivity contribution < 1.29 is 0 Å². The van der Waals surface area contributed by atoms with Crippen molar-refractivity contribution in [3.05, 3.63) is 34.9 Å². The second kappa shape index (κ2) is 5.85. The van der Waals surface area contributed by atoms with Gasteiger partial charge in [-0.25, -0.2) is 0 Å². The normalized spacial score (nSPS) is 23.0. The van der Waals surface area contributed by atoms with E-state index in [9.17, 15) is 0 Å². The molecule has 100 valence electrons. The van der Waals surface area contributed by atoms with E-state index < -0.39 is 0 Å². The van der Waals surface area contributed by atoms with Gasteiger partial charge in [-0.2, -0.15) is 0 Å². The number of benzene rings is 1. The molecule has 1 aromatic carbocycles. The van der Waals surface area contributed by atoms with Gasteiger partial charge in [-0.1, -0.05) is 23.8 Å². The lowest BCUT2D eigenvalue weighted by Crippen LogP contribution is -2.44. The summed E-state index contributed by atoms with van der Waals surface area (Å²) in [6, 6.07) is 7.83. The molecule has 1 saturated heterocycles. The molecule has 0 radical (unpaired) electrons. The standard InChI is InChI=1S/C16H26N2/c1-12-7-8-13(2)16(10-12)14(3)17-15-6-5-9-18(4)11-15/h7-8,10,14-15,17H,5-6,9,11H2,1-4H3. The number of nitrogens with zero attached hydrogens (tertiary/aromatic N) is 1. The summed E-state index contributed by atoms with van der Waals surface area (Å²) in [5.41, 5.74) is 4.19. The average molecular weight is 246 g/mol. The van der Waals surface area contributed by atoms with Crippen LogP contribution in [0.1, 0.15) is 42.5 Å². The Hall–Kier alpha value is -0.860. The zero-order valence-electron chi connectivity index (χ0n) is 12.2. The van der Waals surface area contributed by atoms with Gasteiger partial charge in [0.2, 0.25) is 0 Å². The van der Waals surface area contributed by atoms with Crippen LogP contribution in [0.15, 0.2) is 18.2 Å². The molecule has 1 N–H and O–H groups in total. The molecule has 1 aliphatic rings. The first-order valence-corrected chi connectivity index (χ1v) is 7.08. The summed E-state index contributed by atoms with van der Waals surface area (Å²) in [5, 5.41) is 3.79. The zero-order valence-corrected chi connectivity index (χ0v) is 12.2. The third kappa shape index (κ3) is 3.33. The van der Waals surface area contributed by atoms with Crippen molar-refractivity contribution >= 4 is 0 Å².